The van der Waals surface area contributed by atoms with Crippen molar-refractivity contribution in [1.29, 1.82) is 5.26 Å². The molecular weight excluding hydrogens is 781 g/mol. The quantitative estimate of drug-likeness (QED) is 0.313. The lowest BCUT2D eigenvalue weighted by atomic mass is 9.49. The molecule has 1 saturated carbocycles. The van der Waals surface area contributed by atoms with Crippen molar-refractivity contribution < 1.29 is 33.1 Å². The molecular formula is C42H45ClFN9O6. The molecule has 15 nitrogen and oxygen atoms in total. The van der Waals surface area contributed by atoms with Crippen LogP contribution in [0.3, 0.4) is 0 Å². The number of piperazine rings is 1. The number of hydrogen-bond acceptors (Lipinski definition) is 12. The van der Waals surface area contributed by atoms with Gasteiger partial charge in [-0.25, -0.2) is 4.39 Å². The highest BCUT2D eigenvalue weighted by molar-refractivity contribution is 6.31. The van der Waals surface area contributed by atoms with Gasteiger partial charge in [0.25, 0.3) is 17.7 Å². The number of rotatable bonds is 8. The van der Waals surface area contributed by atoms with Gasteiger partial charge >= 0.3 is 0 Å². The predicted molar refractivity (Wildman–Crippen MR) is 214 cm³/mol. The normalized spacial score (nSPS) is 24.3. The van der Waals surface area contributed by atoms with Crippen molar-refractivity contribution in [2.75, 3.05) is 49.1 Å². The van der Waals surface area contributed by atoms with Crippen LogP contribution in [0.25, 0.3) is 0 Å². The molecule has 308 valence electrons. The van der Waals surface area contributed by atoms with E-state index in [1.165, 1.54) is 12.1 Å². The molecule has 0 radical (unpaired) electrons. The van der Waals surface area contributed by atoms with Gasteiger partial charge in [0.2, 0.25) is 11.8 Å². The number of carbonyl (C=O) groups excluding carboxylic acids is 5. The van der Waals surface area contributed by atoms with E-state index < -0.39 is 46.3 Å². The largest absolute Gasteiger partial charge is 0.489 e. The van der Waals surface area contributed by atoms with Gasteiger partial charge in [-0.1, -0.05) is 39.3 Å². The van der Waals surface area contributed by atoms with Gasteiger partial charge in [0.05, 0.1) is 21.7 Å². The van der Waals surface area contributed by atoms with Gasteiger partial charge in [-0.3, -0.25) is 39.1 Å². The second kappa shape index (κ2) is 15.2. The fraction of sp³-hybridized carbons (Fsp3) is 0.476. The van der Waals surface area contributed by atoms with Gasteiger partial charge < -0.3 is 19.9 Å². The fourth-order valence-corrected chi connectivity index (χ4v) is 10.1. The Morgan fingerprint density at radius 1 is 0.915 bits per heavy atom. The number of carbonyl (C=O) groups is 5. The van der Waals surface area contributed by atoms with Crippen LogP contribution in [0.2, 0.25) is 5.02 Å². The Morgan fingerprint density at radius 3 is 2.25 bits per heavy atom. The molecule has 3 aromatic rings. The SMILES string of the molecule is CC1(C)[C@H](NC(=O)c2ccc(N3CCC(N4CCN(c5cc(F)c6c(c5)C(=O)N(C5CCC(=O)NC5=O)C6=O)CC4)CC3)nn2)C(C)(C)[C@H]1Oc1ccc(C#N)c(Cl)c1. The van der Waals surface area contributed by atoms with Crippen molar-refractivity contribution in [1.82, 2.24) is 30.6 Å². The molecule has 2 aromatic carbocycles. The summed E-state index contributed by atoms with van der Waals surface area (Å²) in [6.45, 7) is 12.4. The molecule has 1 atom stereocenters. The van der Waals surface area contributed by atoms with E-state index in [1.807, 2.05) is 38.7 Å². The number of nitrogens with one attached hydrogen (secondary N) is 2. The van der Waals surface area contributed by atoms with Crippen molar-refractivity contribution in [2.24, 2.45) is 10.8 Å². The average molecular weight is 826 g/mol. The molecule has 0 spiro atoms. The maximum Gasteiger partial charge on any atom is 0.272 e. The first-order valence-corrected chi connectivity index (χ1v) is 20.3. The lowest BCUT2D eigenvalue weighted by Gasteiger charge is -2.63. The minimum Gasteiger partial charge on any atom is -0.489 e. The summed E-state index contributed by atoms with van der Waals surface area (Å²) in [5.41, 5.74) is -0.154. The van der Waals surface area contributed by atoms with Gasteiger partial charge in [0.1, 0.15) is 29.8 Å². The van der Waals surface area contributed by atoms with Crippen LogP contribution in [0.5, 0.6) is 5.75 Å². The maximum absolute atomic E-state index is 15.4. The Hall–Kier alpha value is -5.66. The predicted octanol–water partition coefficient (Wildman–Crippen LogP) is 3.94. The molecule has 2 N–H and O–H groups in total. The van der Waals surface area contributed by atoms with Crippen molar-refractivity contribution in [3.8, 4) is 11.8 Å². The summed E-state index contributed by atoms with van der Waals surface area (Å²) >= 11 is 6.23. The monoisotopic (exact) mass is 825 g/mol. The number of hydrogen-bond donors (Lipinski definition) is 2. The number of anilines is 2. The number of imide groups is 2. The zero-order valence-electron chi connectivity index (χ0n) is 33.3. The van der Waals surface area contributed by atoms with E-state index in [4.69, 9.17) is 16.3 Å². The Morgan fingerprint density at radius 2 is 1.63 bits per heavy atom. The molecule has 1 unspecified atom stereocenters. The Labute approximate surface area is 345 Å². The number of piperidine rings is 2. The minimum atomic E-state index is -1.16. The molecule has 1 aromatic heterocycles. The van der Waals surface area contributed by atoms with Gasteiger partial charge in [0, 0.05) is 80.4 Å². The van der Waals surface area contributed by atoms with Crippen LogP contribution in [0.4, 0.5) is 15.9 Å². The number of ether oxygens (including phenoxy) is 1. The van der Waals surface area contributed by atoms with Crippen LogP contribution in [-0.2, 0) is 9.59 Å². The van der Waals surface area contributed by atoms with Crippen molar-refractivity contribution in [2.45, 2.75) is 77.6 Å². The van der Waals surface area contributed by atoms with E-state index in [9.17, 15) is 29.2 Å². The highest BCUT2D eigenvalue weighted by Crippen LogP contribution is 2.55. The second-order valence-corrected chi connectivity index (χ2v) is 17.5. The van der Waals surface area contributed by atoms with E-state index in [0.717, 1.165) is 43.9 Å². The summed E-state index contributed by atoms with van der Waals surface area (Å²) < 4.78 is 21.8. The molecule has 1 aliphatic carbocycles. The first kappa shape index (κ1) is 40.1. The summed E-state index contributed by atoms with van der Waals surface area (Å²) in [5.74, 6) is -2.67. The molecule has 4 fully saturated rings. The van der Waals surface area contributed by atoms with E-state index in [-0.39, 0.29) is 47.7 Å². The van der Waals surface area contributed by atoms with Crippen molar-refractivity contribution in [3.05, 3.63) is 75.7 Å². The Kier molecular flexibility index (Phi) is 10.3. The highest BCUT2D eigenvalue weighted by Gasteiger charge is 2.64. The minimum absolute atomic E-state index is 0.00110. The van der Waals surface area contributed by atoms with Crippen LogP contribution >= 0.6 is 11.6 Å². The third kappa shape index (κ3) is 7.14. The average Bonchev–Trinajstić information content (AvgIpc) is 3.47. The lowest BCUT2D eigenvalue weighted by molar-refractivity contribution is -0.164. The second-order valence-electron chi connectivity index (χ2n) is 17.1. The molecule has 59 heavy (non-hydrogen) atoms. The molecule has 5 aliphatic rings. The summed E-state index contributed by atoms with van der Waals surface area (Å²) in [5, 5.41) is 23.6. The zero-order chi connectivity index (χ0) is 42.0. The number of nitriles is 1. The molecule has 8 rings (SSSR count). The zero-order valence-corrected chi connectivity index (χ0v) is 34.0. The molecule has 17 heteroatoms. The Balaban J connectivity index is 0.821. The number of fused-ring (bicyclic) bond motifs is 1. The van der Waals surface area contributed by atoms with Crippen LogP contribution < -0.4 is 25.2 Å². The molecule has 3 saturated heterocycles. The smallest absolute Gasteiger partial charge is 0.272 e. The van der Waals surface area contributed by atoms with Crippen molar-refractivity contribution >= 4 is 52.6 Å². The number of aromatic nitrogens is 2. The maximum atomic E-state index is 15.4. The topological polar surface area (TPSA) is 181 Å². The molecule has 4 aliphatic heterocycles. The summed E-state index contributed by atoms with van der Waals surface area (Å²) in [6, 6.07) is 12.3. The number of halogens is 2. The van der Waals surface area contributed by atoms with E-state index in [2.05, 4.69) is 36.7 Å². The standard InChI is InChI=1S/C42H45ClFN9O6/c1-41(2)39(42(3,4)40(41)59-26-6-5-23(22-45)28(43)21-26)47-35(55)30-7-9-32(49-48-30)52-13-11-24(12-14-52)50-15-17-51(18-16-50)25-19-27-34(29(44)20-25)38(58)53(37(27)57)31-8-10-33(54)46-36(31)56/h5-7,9,19-21,24,31,39-40H,8,10-18H2,1-4H3,(H,47,55)(H,46,54,56)/t31?,39-,40-. The number of amides is 5. The number of benzene rings is 2. The van der Waals surface area contributed by atoms with Crippen molar-refractivity contribution in [3.63, 3.8) is 0 Å². The van der Waals surface area contributed by atoms with Crippen LogP contribution in [0.15, 0.2) is 42.5 Å². The fourth-order valence-electron chi connectivity index (χ4n) is 9.94. The first-order valence-electron chi connectivity index (χ1n) is 19.9. The van der Waals surface area contributed by atoms with E-state index >= 15 is 4.39 Å². The summed E-state index contributed by atoms with van der Waals surface area (Å²) in [7, 11) is 0. The lowest BCUT2D eigenvalue weighted by Crippen LogP contribution is -2.74. The molecule has 5 amide bonds. The molecule has 0 bridgehead atoms. The Bertz CT molecular complexity index is 2270. The first-order chi connectivity index (χ1) is 28.1. The third-order valence-electron chi connectivity index (χ3n) is 12.8. The van der Waals surface area contributed by atoms with Crippen LogP contribution in [-0.4, -0.2) is 113 Å². The number of nitrogens with zero attached hydrogens (tertiary/aromatic N) is 7. The van der Waals surface area contributed by atoms with Crippen LogP contribution in [0.1, 0.15) is 90.1 Å². The van der Waals surface area contributed by atoms with Gasteiger partial charge in [0.15, 0.2) is 11.5 Å². The van der Waals surface area contributed by atoms with Gasteiger partial charge in [-0.05, 0) is 55.7 Å². The molecule has 5 heterocycles. The van der Waals surface area contributed by atoms with Gasteiger partial charge in [-0.15, -0.1) is 10.2 Å². The highest BCUT2D eigenvalue weighted by atomic mass is 35.5. The van der Waals surface area contributed by atoms with E-state index in [0.29, 0.717) is 47.0 Å². The van der Waals surface area contributed by atoms with Crippen LogP contribution in [0, 0.1) is 28.0 Å². The summed E-state index contributed by atoms with van der Waals surface area (Å²) in [6.07, 6.45) is 1.55. The van der Waals surface area contributed by atoms with Gasteiger partial charge in [-0.2, -0.15) is 5.26 Å². The third-order valence-corrected chi connectivity index (χ3v) is 13.1. The summed E-state index contributed by atoms with van der Waals surface area (Å²) in [4.78, 5) is 71.3. The van der Waals surface area contributed by atoms with E-state index in [1.54, 1.807) is 24.3 Å².